The van der Waals surface area contributed by atoms with E-state index in [4.69, 9.17) is 10.3 Å². The monoisotopic (exact) mass is 252 g/mol. The van der Waals surface area contributed by atoms with Crippen molar-refractivity contribution in [1.82, 2.24) is 10.1 Å². The average molecular weight is 252 g/mol. The molecule has 1 aromatic rings. The van der Waals surface area contributed by atoms with E-state index in [-0.39, 0.29) is 0 Å². The van der Waals surface area contributed by atoms with Crippen LogP contribution in [0.4, 0.5) is 6.01 Å². The van der Waals surface area contributed by atoms with Crippen LogP contribution < -0.4 is 10.6 Å². The van der Waals surface area contributed by atoms with Crippen molar-refractivity contribution in [1.29, 1.82) is 0 Å². The van der Waals surface area contributed by atoms with E-state index in [0.29, 0.717) is 11.9 Å². The number of anilines is 1. The molecule has 2 heterocycles. The molecule has 2 rings (SSSR count). The fraction of sp³-hybridized carbons (Fsp3) is 0.846. The normalized spacial score (nSPS) is 17.7. The average Bonchev–Trinajstić information content (AvgIpc) is 2.87. The molecule has 1 saturated heterocycles. The molecule has 102 valence electrons. The highest BCUT2D eigenvalue weighted by Crippen LogP contribution is 2.25. The summed E-state index contributed by atoms with van der Waals surface area (Å²) in [5.41, 5.74) is 5.55. The van der Waals surface area contributed by atoms with Gasteiger partial charge in [-0.05, 0) is 38.1 Å². The van der Waals surface area contributed by atoms with Crippen LogP contribution in [0.25, 0.3) is 0 Å². The fourth-order valence-electron chi connectivity index (χ4n) is 2.41. The minimum absolute atomic E-state index is 0.324. The summed E-state index contributed by atoms with van der Waals surface area (Å²) in [5, 5.41) is 4.02. The van der Waals surface area contributed by atoms with Crippen LogP contribution in [0, 0.1) is 5.92 Å². The fourth-order valence-corrected chi connectivity index (χ4v) is 2.41. The van der Waals surface area contributed by atoms with Crippen LogP contribution in [0.1, 0.15) is 51.3 Å². The molecule has 0 atom stereocenters. The third-order valence-electron chi connectivity index (χ3n) is 3.65. The number of hydrogen-bond acceptors (Lipinski definition) is 5. The summed E-state index contributed by atoms with van der Waals surface area (Å²) in [6, 6.07) is 0.691. The molecule has 5 nitrogen and oxygen atoms in total. The van der Waals surface area contributed by atoms with Crippen molar-refractivity contribution < 1.29 is 4.52 Å². The summed E-state index contributed by atoms with van der Waals surface area (Å²) < 4.78 is 5.33. The molecular weight excluding hydrogens is 228 g/mol. The van der Waals surface area contributed by atoms with E-state index in [1.807, 2.05) is 0 Å². The Morgan fingerprint density at radius 1 is 1.39 bits per heavy atom. The summed E-state index contributed by atoms with van der Waals surface area (Å²) in [5.74, 6) is 1.94. The molecule has 0 amide bonds. The van der Waals surface area contributed by atoms with Gasteiger partial charge in [0.15, 0.2) is 5.82 Å². The quantitative estimate of drug-likeness (QED) is 0.869. The molecule has 0 aromatic carbocycles. The van der Waals surface area contributed by atoms with E-state index in [9.17, 15) is 0 Å². The van der Waals surface area contributed by atoms with Crippen molar-refractivity contribution in [3.05, 3.63) is 5.82 Å². The van der Waals surface area contributed by atoms with Gasteiger partial charge in [0.05, 0.1) is 0 Å². The Hall–Kier alpha value is -1.10. The van der Waals surface area contributed by atoms with E-state index in [1.54, 1.807) is 0 Å². The van der Waals surface area contributed by atoms with E-state index in [0.717, 1.165) is 37.8 Å². The molecule has 2 N–H and O–H groups in total. The van der Waals surface area contributed by atoms with Crippen molar-refractivity contribution in [2.24, 2.45) is 11.7 Å². The van der Waals surface area contributed by atoms with Crippen molar-refractivity contribution in [2.45, 2.75) is 45.4 Å². The zero-order chi connectivity index (χ0) is 13.0. The topological polar surface area (TPSA) is 68.2 Å². The van der Waals surface area contributed by atoms with Gasteiger partial charge in [0.25, 0.3) is 0 Å². The van der Waals surface area contributed by atoms with Crippen molar-refractivity contribution in [2.75, 3.05) is 24.5 Å². The van der Waals surface area contributed by atoms with Crippen LogP contribution in [-0.2, 0) is 0 Å². The van der Waals surface area contributed by atoms with Gasteiger partial charge in [0.2, 0.25) is 0 Å². The number of piperidine rings is 1. The highest BCUT2D eigenvalue weighted by molar-refractivity contribution is 5.26. The Kier molecular flexibility index (Phi) is 4.58. The van der Waals surface area contributed by atoms with Crippen molar-refractivity contribution in [3.8, 4) is 0 Å². The summed E-state index contributed by atoms with van der Waals surface area (Å²) >= 11 is 0. The number of hydrogen-bond donors (Lipinski definition) is 1. The second-order valence-corrected chi connectivity index (χ2v) is 5.45. The Labute approximate surface area is 109 Å². The zero-order valence-corrected chi connectivity index (χ0v) is 11.4. The molecule has 1 aliphatic rings. The molecule has 0 aliphatic carbocycles. The Morgan fingerprint density at radius 3 is 2.67 bits per heavy atom. The molecule has 0 saturated carbocycles. The number of aromatic nitrogens is 2. The van der Waals surface area contributed by atoms with Crippen LogP contribution in [0.2, 0.25) is 0 Å². The number of rotatable bonds is 5. The minimum Gasteiger partial charge on any atom is -0.330 e. The maximum absolute atomic E-state index is 5.55. The van der Waals surface area contributed by atoms with Gasteiger partial charge < -0.3 is 15.2 Å². The highest BCUT2D eigenvalue weighted by Gasteiger charge is 2.23. The van der Waals surface area contributed by atoms with Crippen LogP contribution >= 0.6 is 0 Å². The summed E-state index contributed by atoms with van der Waals surface area (Å²) in [7, 11) is 0. The number of nitrogens with two attached hydrogens (primary N) is 1. The molecule has 0 unspecified atom stereocenters. The molecule has 0 bridgehead atoms. The van der Waals surface area contributed by atoms with Gasteiger partial charge in [-0.15, -0.1) is 0 Å². The van der Waals surface area contributed by atoms with E-state index >= 15 is 0 Å². The van der Waals surface area contributed by atoms with Gasteiger partial charge in [0.1, 0.15) is 0 Å². The predicted octanol–water partition coefficient (Wildman–Crippen LogP) is 2.15. The van der Waals surface area contributed by atoms with Gasteiger partial charge >= 0.3 is 6.01 Å². The third kappa shape index (κ3) is 3.22. The first-order valence-corrected chi connectivity index (χ1v) is 6.99. The zero-order valence-electron chi connectivity index (χ0n) is 11.4. The minimum atomic E-state index is 0.324. The summed E-state index contributed by atoms with van der Waals surface area (Å²) in [6.07, 6.45) is 4.81. The summed E-state index contributed by atoms with van der Waals surface area (Å²) in [4.78, 5) is 6.65. The first kappa shape index (κ1) is 13.3. The van der Waals surface area contributed by atoms with Crippen molar-refractivity contribution in [3.63, 3.8) is 0 Å². The van der Waals surface area contributed by atoms with Gasteiger partial charge in [-0.2, -0.15) is 4.98 Å². The predicted molar refractivity (Wildman–Crippen MR) is 71.6 cm³/mol. The summed E-state index contributed by atoms with van der Waals surface area (Å²) in [6.45, 7) is 7.01. The van der Waals surface area contributed by atoms with Gasteiger partial charge in [0, 0.05) is 19.0 Å². The maximum Gasteiger partial charge on any atom is 0.324 e. The molecule has 1 fully saturated rings. The first-order chi connectivity index (χ1) is 8.70. The second-order valence-electron chi connectivity index (χ2n) is 5.45. The molecule has 1 aliphatic heterocycles. The lowest BCUT2D eigenvalue weighted by atomic mass is 9.92. The van der Waals surface area contributed by atoms with E-state index < -0.39 is 0 Å². The van der Waals surface area contributed by atoms with E-state index in [2.05, 4.69) is 28.9 Å². The lowest BCUT2D eigenvalue weighted by Gasteiger charge is -2.30. The standard InChI is InChI=1S/C13H24N4O/c1-10(2)12-15-13(18-16-12)17-8-5-11(6-9-17)4-3-7-14/h10-11H,3-9,14H2,1-2H3. The van der Waals surface area contributed by atoms with Crippen LogP contribution in [0.3, 0.4) is 0 Å². The molecular formula is C13H24N4O. The van der Waals surface area contributed by atoms with Crippen molar-refractivity contribution >= 4 is 6.01 Å². The maximum atomic E-state index is 5.55. The van der Waals surface area contributed by atoms with Gasteiger partial charge in [-0.3, -0.25) is 0 Å². The highest BCUT2D eigenvalue weighted by atomic mass is 16.5. The lowest BCUT2D eigenvalue weighted by molar-refractivity contribution is 0.345. The Morgan fingerprint density at radius 2 is 2.11 bits per heavy atom. The number of nitrogens with zero attached hydrogens (tertiary/aromatic N) is 3. The SMILES string of the molecule is CC(C)c1noc(N2CCC(CCCN)CC2)n1. The van der Waals surface area contributed by atoms with Gasteiger partial charge in [-0.1, -0.05) is 19.0 Å². The van der Waals surface area contributed by atoms with E-state index in [1.165, 1.54) is 19.3 Å². The largest absolute Gasteiger partial charge is 0.330 e. The molecule has 5 heteroatoms. The van der Waals surface area contributed by atoms with Crippen LogP contribution in [0.15, 0.2) is 4.52 Å². The molecule has 0 spiro atoms. The van der Waals surface area contributed by atoms with Crippen LogP contribution in [0.5, 0.6) is 0 Å². The Balaban J connectivity index is 1.85. The van der Waals surface area contributed by atoms with Crippen LogP contribution in [-0.4, -0.2) is 29.8 Å². The van der Waals surface area contributed by atoms with Gasteiger partial charge in [-0.25, -0.2) is 0 Å². The Bertz CT molecular complexity index is 356. The molecule has 0 radical (unpaired) electrons. The lowest BCUT2D eigenvalue weighted by Crippen LogP contribution is -2.34. The second kappa shape index (κ2) is 6.18. The smallest absolute Gasteiger partial charge is 0.324 e. The molecule has 18 heavy (non-hydrogen) atoms. The third-order valence-corrected chi connectivity index (χ3v) is 3.65. The first-order valence-electron chi connectivity index (χ1n) is 6.99. The molecule has 1 aromatic heterocycles.